The van der Waals surface area contributed by atoms with Crippen LogP contribution in [0.2, 0.25) is 0 Å². The van der Waals surface area contributed by atoms with Crippen LogP contribution in [0.3, 0.4) is 0 Å². The number of fused-ring (bicyclic) bond motifs is 7. The van der Waals surface area contributed by atoms with Crippen molar-refractivity contribution in [2.75, 3.05) is 0 Å². The summed E-state index contributed by atoms with van der Waals surface area (Å²) in [5.74, 6) is -1.44. The van der Waals surface area contributed by atoms with Crippen molar-refractivity contribution in [1.29, 1.82) is 5.41 Å². The van der Waals surface area contributed by atoms with E-state index in [0.717, 1.165) is 56.1 Å². The monoisotopic (exact) mass is 810 g/mol. The lowest BCUT2D eigenvalue weighted by molar-refractivity contribution is -0.196. The van der Waals surface area contributed by atoms with Crippen LogP contribution in [-0.4, -0.2) is 57.5 Å². The molecule has 0 heterocycles. The van der Waals surface area contributed by atoms with Crippen LogP contribution in [-0.2, 0) is 28.7 Å². The summed E-state index contributed by atoms with van der Waals surface area (Å²) < 4.78 is 6.22. The molecule has 59 heavy (non-hydrogen) atoms. The van der Waals surface area contributed by atoms with Gasteiger partial charge < -0.3 is 31.6 Å². The number of carboxylic acids is 1. The number of amides is 2. The molecule has 1 aromatic rings. The van der Waals surface area contributed by atoms with E-state index >= 15 is 0 Å². The number of aliphatic carboxylic acids is 1. The molecule has 5 saturated carbocycles. The smallest absolute Gasteiger partial charge is 0.309 e. The second kappa shape index (κ2) is 15.3. The molecule has 11 nitrogen and oxygen atoms in total. The maximum atomic E-state index is 14.3. The van der Waals surface area contributed by atoms with Gasteiger partial charge in [0.15, 0.2) is 5.78 Å². The summed E-state index contributed by atoms with van der Waals surface area (Å²) in [6, 6.07) is 8.98. The number of rotatable bonds is 10. The average molecular weight is 811 g/mol. The summed E-state index contributed by atoms with van der Waals surface area (Å²) >= 11 is 0. The van der Waals surface area contributed by atoms with Crippen LogP contribution in [0, 0.1) is 69.5 Å². The van der Waals surface area contributed by atoms with Gasteiger partial charge in [0.05, 0.1) is 28.8 Å². The van der Waals surface area contributed by atoms with Gasteiger partial charge in [-0.05, 0) is 147 Å². The molecule has 320 valence electrons. The zero-order valence-electron chi connectivity index (χ0n) is 36.3. The van der Waals surface area contributed by atoms with Crippen LogP contribution in [0.25, 0.3) is 0 Å². The molecule has 6 aliphatic rings. The maximum Gasteiger partial charge on any atom is 0.309 e. The second-order valence-electron chi connectivity index (χ2n) is 20.6. The van der Waals surface area contributed by atoms with Crippen molar-refractivity contribution in [3.8, 4) is 0 Å². The van der Waals surface area contributed by atoms with Gasteiger partial charge in [-0.3, -0.25) is 24.0 Å². The van der Waals surface area contributed by atoms with Crippen molar-refractivity contribution in [3.63, 3.8) is 0 Å². The molecule has 0 bridgehead atoms. The molecule has 0 radical (unpaired) electrons. The van der Waals surface area contributed by atoms with Crippen molar-refractivity contribution in [1.82, 2.24) is 10.6 Å². The molecule has 2 amide bonds. The number of hydrogen-bond acceptors (Lipinski definition) is 8. The number of hydrogen-bond donors (Lipinski definition) is 5. The number of ether oxygens (including phenoxy) is 1. The average Bonchev–Trinajstić information content (AvgIpc) is 3.47. The number of carbonyl (C=O) groups is 5. The molecule has 6 N–H and O–H groups in total. The summed E-state index contributed by atoms with van der Waals surface area (Å²) in [5.41, 5.74) is 6.58. The topological polar surface area (TPSA) is 189 Å². The van der Waals surface area contributed by atoms with Crippen molar-refractivity contribution in [2.24, 2.45) is 69.8 Å². The Balaban J connectivity index is 1.07. The number of carbonyl (C=O) groups excluding carboxylic acids is 4. The van der Waals surface area contributed by atoms with E-state index < -0.39 is 28.9 Å². The number of nitrogens with one attached hydrogen (secondary N) is 3. The quantitative estimate of drug-likeness (QED) is 0.0938. The van der Waals surface area contributed by atoms with Gasteiger partial charge in [-0.1, -0.05) is 71.9 Å². The lowest BCUT2D eigenvalue weighted by Gasteiger charge is -2.67. The van der Waals surface area contributed by atoms with Crippen molar-refractivity contribution >= 4 is 35.2 Å². The van der Waals surface area contributed by atoms with E-state index in [2.05, 4.69) is 45.3 Å². The lowest BCUT2D eigenvalue weighted by atomic mass is 9.38. The fraction of sp³-hybridized carbons (Fsp3) is 0.667. The predicted octanol–water partition coefficient (Wildman–Crippen LogP) is 7.13. The second-order valence-corrected chi connectivity index (χ2v) is 20.6. The molecule has 5 fully saturated rings. The summed E-state index contributed by atoms with van der Waals surface area (Å²) in [4.78, 5) is 66.5. The van der Waals surface area contributed by atoms with Crippen LogP contribution in [0.15, 0.2) is 53.3 Å². The van der Waals surface area contributed by atoms with Gasteiger partial charge in [0.1, 0.15) is 11.6 Å². The van der Waals surface area contributed by atoms with E-state index in [4.69, 9.17) is 15.9 Å². The third-order valence-electron chi connectivity index (χ3n) is 16.8. The Morgan fingerprint density at radius 1 is 0.932 bits per heavy atom. The SMILES string of the molecule is CC(C)C1=C2[C@H]3CCC4[C@@](C)(CCC5[C@@H](C)[C@@H](OC(=O)[C@H]6C[C@@H](C(=O)O)[C@H]6C)CC[C@@]54C)C3CC[C@@]2(NC(=O)C(C)(C)NC(=O)/C(N)=C/C(=N)c2ccccc2)CC1=O. The van der Waals surface area contributed by atoms with Gasteiger partial charge in [-0.25, -0.2) is 0 Å². The molecule has 0 aromatic heterocycles. The number of allylic oxidation sites excluding steroid dienone is 2. The first-order chi connectivity index (χ1) is 27.6. The Hall–Kier alpha value is -4.28. The van der Waals surface area contributed by atoms with Crippen LogP contribution < -0.4 is 16.4 Å². The molecule has 6 aliphatic carbocycles. The Labute approximate surface area is 349 Å². The summed E-state index contributed by atoms with van der Waals surface area (Å²) in [5, 5.41) is 24.0. The Bertz CT molecular complexity index is 1990. The van der Waals surface area contributed by atoms with E-state index in [0.29, 0.717) is 36.2 Å². The highest BCUT2D eigenvalue weighted by molar-refractivity contribution is 6.11. The molecule has 0 spiro atoms. The standard InChI is InChI=1S/C48H66N4O7/c1-25(2)39-36(53)24-48(52-44(58)45(5,6)51-41(54)35(50)23-34(49)28-12-10-9-11-13-28)21-17-33-29(40(39)48)14-15-38-46(7)20-18-37(27(4)32(46)16-19-47(33,38)8)59-43(57)31-22-30(26(31)3)42(55)56/h9-13,23,25-27,29-33,37-38,49H,14-22,24,50H2,1-8H3,(H,51,54)(H,52,58)(H,55,56)/b35-23-,49-34?/t26-,27-,29+,30-,31+,32?,33?,37+,38?,46+,47+,48-/m1/s1. The molecule has 3 unspecified atom stereocenters. The number of ketones is 1. The van der Waals surface area contributed by atoms with Gasteiger partial charge in [-0.2, -0.15) is 0 Å². The molecule has 0 aliphatic heterocycles. The zero-order valence-corrected chi connectivity index (χ0v) is 36.3. The molecule has 11 heteroatoms. The molecule has 1 aromatic carbocycles. The number of benzene rings is 1. The highest BCUT2D eigenvalue weighted by atomic mass is 16.5. The first-order valence-corrected chi connectivity index (χ1v) is 22.1. The largest absolute Gasteiger partial charge is 0.481 e. The molecule has 0 saturated heterocycles. The number of Topliss-reactive ketones (excluding diaryl/α,β-unsaturated/α-hetero) is 1. The van der Waals surface area contributed by atoms with Crippen molar-refractivity contribution in [3.05, 3.63) is 58.8 Å². The number of carboxylic acid groups (broad SMARTS) is 1. The Kier molecular flexibility index (Phi) is 11.1. The van der Waals surface area contributed by atoms with Crippen LogP contribution in [0.5, 0.6) is 0 Å². The maximum absolute atomic E-state index is 14.3. The normalized spacial score (nSPS) is 37.9. The molecule has 12 atom stereocenters. The van der Waals surface area contributed by atoms with Gasteiger partial charge in [0.2, 0.25) is 5.91 Å². The van der Waals surface area contributed by atoms with E-state index in [1.54, 1.807) is 38.1 Å². The van der Waals surface area contributed by atoms with Gasteiger partial charge in [-0.15, -0.1) is 0 Å². The fourth-order valence-electron chi connectivity index (χ4n) is 13.6. The minimum atomic E-state index is -1.36. The highest BCUT2D eigenvalue weighted by Gasteiger charge is 2.65. The lowest BCUT2D eigenvalue weighted by Crippen LogP contribution is -2.65. The van der Waals surface area contributed by atoms with Gasteiger partial charge >= 0.3 is 11.9 Å². The Morgan fingerprint density at radius 2 is 1.58 bits per heavy atom. The first kappa shape index (κ1) is 42.8. The van der Waals surface area contributed by atoms with E-state index in [-0.39, 0.29) is 82.0 Å². The Morgan fingerprint density at radius 3 is 2.22 bits per heavy atom. The van der Waals surface area contributed by atoms with Crippen LogP contribution >= 0.6 is 0 Å². The third-order valence-corrected chi connectivity index (χ3v) is 16.8. The summed E-state index contributed by atoms with van der Waals surface area (Å²) in [6.07, 6.45) is 9.08. The van der Waals surface area contributed by atoms with E-state index in [1.165, 1.54) is 6.08 Å². The van der Waals surface area contributed by atoms with Crippen molar-refractivity contribution < 1.29 is 33.8 Å². The van der Waals surface area contributed by atoms with Crippen LogP contribution in [0.4, 0.5) is 0 Å². The van der Waals surface area contributed by atoms with Gasteiger partial charge in [0, 0.05) is 6.42 Å². The molecular formula is C48H66N4O7. The van der Waals surface area contributed by atoms with Crippen molar-refractivity contribution in [2.45, 2.75) is 137 Å². The highest BCUT2D eigenvalue weighted by Crippen LogP contribution is 2.70. The fourth-order valence-corrected chi connectivity index (χ4v) is 13.6. The van der Waals surface area contributed by atoms with E-state index in [9.17, 15) is 29.1 Å². The van der Waals surface area contributed by atoms with Crippen LogP contribution in [0.1, 0.15) is 125 Å². The molecular weight excluding hydrogens is 745 g/mol. The summed E-state index contributed by atoms with van der Waals surface area (Å²) in [7, 11) is 0. The number of nitrogens with two attached hydrogens (primary N) is 1. The molecule has 7 rings (SSSR count). The zero-order chi connectivity index (χ0) is 43.0. The minimum Gasteiger partial charge on any atom is -0.481 e. The van der Waals surface area contributed by atoms with E-state index in [1.807, 2.05) is 13.0 Å². The summed E-state index contributed by atoms with van der Waals surface area (Å²) in [6.45, 7) is 16.5. The third kappa shape index (κ3) is 7.15. The first-order valence-electron chi connectivity index (χ1n) is 22.1. The van der Waals surface area contributed by atoms with Gasteiger partial charge in [0.25, 0.3) is 5.91 Å². The number of esters is 1. The predicted molar refractivity (Wildman–Crippen MR) is 225 cm³/mol. The minimum absolute atomic E-state index is 0.00293.